The molecule has 0 saturated carbocycles. The Kier molecular flexibility index (Phi) is 15.0. The van der Waals surface area contributed by atoms with Crippen molar-refractivity contribution in [2.75, 3.05) is 0 Å². The van der Waals surface area contributed by atoms with Crippen LogP contribution < -0.4 is 0 Å². The minimum atomic E-state index is -0.217. The standard InChI is InChI=1S/C11H16O.C4H8.C2H6/c1-9(10(2)12)8-11-6-4-3-5-7-11;1-3-4-2;1-2/h3-7,9-10,12H,8H2,1-2H3;3-4H,1-2H3;1-2H3/b;4-3-;. The van der Waals surface area contributed by atoms with Gasteiger partial charge in [-0.3, -0.25) is 0 Å². The van der Waals surface area contributed by atoms with Crippen molar-refractivity contribution in [3.63, 3.8) is 0 Å². The lowest BCUT2D eigenvalue weighted by Crippen LogP contribution is -2.15. The molecule has 1 nitrogen and oxygen atoms in total. The predicted molar refractivity (Wildman–Crippen MR) is 82.8 cm³/mol. The lowest BCUT2D eigenvalue weighted by atomic mass is 9.97. The van der Waals surface area contributed by atoms with Gasteiger partial charge < -0.3 is 5.11 Å². The zero-order chi connectivity index (χ0) is 14.4. The summed E-state index contributed by atoms with van der Waals surface area (Å²) in [7, 11) is 0. The summed E-state index contributed by atoms with van der Waals surface area (Å²) in [5.74, 6) is 0.340. The number of aliphatic hydroxyl groups excluding tert-OH is 1. The van der Waals surface area contributed by atoms with Crippen molar-refractivity contribution < 1.29 is 5.11 Å². The fraction of sp³-hybridized carbons (Fsp3) is 0.529. The molecule has 0 bridgehead atoms. The van der Waals surface area contributed by atoms with Crippen molar-refractivity contribution in [1.82, 2.24) is 0 Å². The predicted octanol–water partition coefficient (Wildman–Crippen LogP) is 4.85. The van der Waals surface area contributed by atoms with E-state index in [2.05, 4.69) is 19.1 Å². The molecule has 1 aromatic rings. The van der Waals surface area contributed by atoms with Crippen LogP contribution in [0.4, 0.5) is 0 Å². The Morgan fingerprint density at radius 3 is 1.78 bits per heavy atom. The first kappa shape index (κ1) is 19.3. The van der Waals surface area contributed by atoms with Crippen LogP contribution in [0.1, 0.15) is 47.1 Å². The fourth-order valence-electron chi connectivity index (χ4n) is 1.16. The van der Waals surface area contributed by atoms with Crippen LogP contribution in [0.15, 0.2) is 42.5 Å². The molecule has 0 aromatic heterocycles. The van der Waals surface area contributed by atoms with E-state index in [0.29, 0.717) is 5.92 Å². The second-order valence-corrected chi connectivity index (χ2v) is 4.07. The van der Waals surface area contributed by atoms with Gasteiger partial charge in [0.15, 0.2) is 0 Å². The van der Waals surface area contributed by atoms with Crippen molar-refractivity contribution in [2.45, 2.75) is 54.1 Å². The molecule has 104 valence electrons. The second-order valence-electron chi connectivity index (χ2n) is 4.07. The summed E-state index contributed by atoms with van der Waals surface area (Å²) >= 11 is 0. The van der Waals surface area contributed by atoms with Gasteiger partial charge in [0, 0.05) is 0 Å². The van der Waals surface area contributed by atoms with Gasteiger partial charge in [0.2, 0.25) is 0 Å². The Balaban J connectivity index is 0. The summed E-state index contributed by atoms with van der Waals surface area (Å²) in [6, 6.07) is 10.3. The molecule has 0 aliphatic rings. The second kappa shape index (κ2) is 14.0. The first-order valence-electron chi connectivity index (χ1n) is 6.91. The minimum Gasteiger partial charge on any atom is -0.393 e. The molecular weight excluding hydrogens is 220 g/mol. The van der Waals surface area contributed by atoms with Crippen LogP contribution in [0.3, 0.4) is 0 Å². The van der Waals surface area contributed by atoms with Crippen LogP contribution in [0.25, 0.3) is 0 Å². The largest absolute Gasteiger partial charge is 0.393 e. The zero-order valence-electron chi connectivity index (χ0n) is 12.9. The quantitative estimate of drug-likeness (QED) is 0.760. The van der Waals surface area contributed by atoms with Crippen LogP contribution in [-0.4, -0.2) is 11.2 Å². The van der Waals surface area contributed by atoms with E-state index < -0.39 is 0 Å². The maximum absolute atomic E-state index is 9.28. The molecule has 0 aliphatic carbocycles. The topological polar surface area (TPSA) is 20.2 Å². The highest BCUT2D eigenvalue weighted by Gasteiger charge is 2.08. The maximum atomic E-state index is 9.28. The highest BCUT2D eigenvalue weighted by atomic mass is 16.3. The van der Waals surface area contributed by atoms with E-state index in [-0.39, 0.29) is 6.10 Å². The van der Waals surface area contributed by atoms with Crippen LogP contribution >= 0.6 is 0 Å². The van der Waals surface area contributed by atoms with Crippen molar-refractivity contribution in [3.05, 3.63) is 48.0 Å². The number of rotatable bonds is 3. The molecule has 0 saturated heterocycles. The first-order valence-corrected chi connectivity index (χ1v) is 6.91. The average Bonchev–Trinajstić information content (AvgIpc) is 2.42. The van der Waals surface area contributed by atoms with Crippen LogP contribution in [0.5, 0.6) is 0 Å². The molecule has 0 spiro atoms. The minimum absolute atomic E-state index is 0.217. The van der Waals surface area contributed by atoms with E-state index in [0.717, 1.165) is 6.42 Å². The van der Waals surface area contributed by atoms with Crippen LogP contribution in [0, 0.1) is 5.92 Å². The number of hydrogen-bond acceptors (Lipinski definition) is 1. The smallest absolute Gasteiger partial charge is 0.0540 e. The van der Waals surface area contributed by atoms with E-state index in [1.54, 1.807) is 0 Å². The normalized spacial score (nSPS) is 12.8. The van der Waals surface area contributed by atoms with Gasteiger partial charge in [0.25, 0.3) is 0 Å². The third-order valence-corrected chi connectivity index (χ3v) is 2.56. The van der Waals surface area contributed by atoms with Gasteiger partial charge in [-0.15, -0.1) is 0 Å². The van der Waals surface area contributed by atoms with Crippen molar-refractivity contribution in [1.29, 1.82) is 0 Å². The summed E-state index contributed by atoms with van der Waals surface area (Å²) in [5, 5.41) is 9.28. The molecule has 18 heavy (non-hydrogen) atoms. The Morgan fingerprint density at radius 2 is 1.44 bits per heavy atom. The molecular formula is C17H30O. The van der Waals surface area contributed by atoms with E-state index in [9.17, 15) is 5.11 Å². The Morgan fingerprint density at radius 1 is 1.00 bits per heavy atom. The fourth-order valence-corrected chi connectivity index (χ4v) is 1.16. The number of benzene rings is 1. The molecule has 2 atom stereocenters. The number of allylic oxidation sites excluding steroid dienone is 2. The number of aliphatic hydroxyl groups is 1. The van der Waals surface area contributed by atoms with Crippen LogP contribution in [0.2, 0.25) is 0 Å². The maximum Gasteiger partial charge on any atom is 0.0540 e. The molecule has 1 N–H and O–H groups in total. The number of hydrogen-bond donors (Lipinski definition) is 1. The Bertz CT molecular complexity index is 271. The van der Waals surface area contributed by atoms with Gasteiger partial charge in [-0.25, -0.2) is 0 Å². The van der Waals surface area contributed by atoms with E-state index in [1.807, 2.05) is 65.0 Å². The average molecular weight is 250 g/mol. The SMILES string of the molecule is C/C=C\C.CC.CC(O)C(C)Cc1ccccc1. The van der Waals surface area contributed by atoms with Gasteiger partial charge in [-0.2, -0.15) is 0 Å². The van der Waals surface area contributed by atoms with E-state index >= 15 is 0 Å². The summed E-state index contributed by atoms with van der Waals surface area (Å²) < 4.78 is 0. The Hall–Kier alpha value is -1.08. The van der Waals surface area contributed by atoms with E-state index in [1.165, 1.54) is 5.56 Å². The van der Waals surface area contributed by atoms with Gasteiger partial charge in [0.1, 0.15) is 0 Å². The molecule has 1 rings (SSSR count). The molecule has 0 amide bonds. The molecule has 0 radical (unpaired) electrons. The lowest BCUT2D eigenvalue weighted by molar-refractivity contribution is 0.135. The van der Waals surface area contributed by atoms with Crippen molar-refractivity contribution >= 4 is 0 Å². The zero-order valence-corrected chi connectivity index (χ0v) is 12.9. The summed E-state index contributed by atoms with van der Waals surface area (Å²) in [6.07, 6.45) is 4.74. The molecule has 0 heterocycles. The van der Waals surface area contributed by atoms with Crippen LogP contribution in [-0.2, 0) is 6.42 Å². The summed E-state index contributed by atoms with van der Waals surface area (Å²) in [5.41, 5.74) is 1.30. The highest BCUT2D eigenvalue weighted by molar-refractivity contribution is 5.15. The molecule has 0 aliphatic heterocycles. The van der Waals surface area contributed by atoms with Gasteiger partial charge in [-0.05, 0) is 38.7 Å². The van der Waals surface area contributed by atoms with Gasteiger partial charge >= 0.3 is 0 Å². The van der Waals surface area contributed by atoms with E-state index in [4.69, 9.17) is 0 Å². The van der Waals surface area contributed by atoms with Crippen molar-refractivity contribution in [2.24, 2.45) is 5.92 Å². The monoisotopic (exact) mass is 250 g/mol. The molecule has 2 unspecified atom stereocenters. The third-order valence-electron chi connectivity index (χ3n) is 2.56. The van der Waals surface area contributed by atoms with Gasteiger partial charge in [0.05, 0.1) is 6.10 Å². The van der Waals surface area contributed by atoms with Gasteiger partial charge in [-0.1, -0.05) is 63.3 Å². The lowest BCUT2D eigenvalue weighted by Gasteiger charge is -2.13. The first-order chi connectivity index (χ1) is 8.61. The Labute approximate surface area is 114 Å². The summed E-state index contributed by atoms with van der Waals surface area (Å²) in [4.78, 5) is 0. The molecule has 0 fully saturated rings. The summed E-state index contributed by atoms with van der Waals surface area (Å²) in [6.45, 7) is 11.9. The van der Waals surface area contributed by atoms with Crippen molar-refractivity contribution in [3.8, 4) is 0 Å². The molecule has 1 heteroatoms. The highest BCUT2D eigenvalue weighted by Crippen LogP contribution is 2.11. The third kappa shape index (κ3) is 11.4. The molecule has 1 aromatic carbocycles.